The number of aliphatic imine (C=N–C) groups is 1. The fraction of sp³-hybridized carbons (Fsp3) is 0. The summed E-state index contributed by atoms with van der Waals surface area (Å²) >= 11 is 11.9. The lowest BCUT2D eigenvalue weighted by atomic mass is 10.2. The Kier molecular flexibility index (Phi) is 4.97. The number of nitrogens with one attached hydrogen (secondary N) is 2. The molecule has 3 rings (SSSR count). The van der Waals surface area contributed by atoms with Crippen LogP contribution in [0.3, 0.4) is 0 Å². The van der Waals surface area contributed by atoms with E-state index >= 15 is 0 Å². The van der Waals surface area contributed by atoms with E-state index in [-0.39, 0.29) is 11.4 Å². The van der Waals surface area contributed by atoms with Gasteiger partial charge in [-0.2, -0.15) is 5.10 Å². The molecule has 1 aromatic carbocycles. The van der Waals surface area contributed by atoms with Crippen molar-refractivity contribution in [3.63, 3.8) is 0 Å². The van der Waals surface area contributed by atoms with Crippen molar-refractivity contribution in [3.05, 3.63) is 63.9 Å². The van der Waals surface area contributed by atoms with Gasteiger partial charge in [-0.05, 0) is 30.3 Å². The summed E-state index contributed by atoms with van der Waals surface area (Å²) in [6, 6.07) is 10.5. The number of rotatable bonds is 5. The van der Waals surface area contributed by atoms with E-state index in [0.717, 1.165) is 0 Å². The number of pyridine rings is 1. The van der Waals surface area contributed by atoms with E-state index in [1.807, 2.05) is 0 Å². The van der Waals surface area contributed by atoms with Gasteiger partial charge in [-0.1, -0.05) is 29.3 Å². The third-order valence-electron chi connectivity index (χ3n) is 3.20. The zero-order chi connectivity index (χ0) is 17.8. The zero-order valence-electron chi connectivity index (χ0n) is 12.7. The number of H-pyrrole nitrogens is 1. The van der Waals surface area contributed by atoms with Gasteiger partial charge < -0.3 is 11.1 Å². The molecule has 0 spiro atoms. The van der Waals surface area contributed by atoms with E-state index in [4.69, 9.17) is 28.9 Å². The lowest BCUT2D eigenvalue weighted by Gasteiger charge is -2.05. The van der Waals surface area contributed by atoms with Crippen LogP contribution in [-0.2, 0) is 0 Å². The van der Waals surface area contributed by atoms with E-state index < -0.39 is 5.91 Å². The molecule has 0 bridgehead atoms. The Hall–Kier alpha value is -2.90. The molecule has 126 valence electrons. The third-order valence-corrected chi connectivity index (χ3v) is 3.75. The summed E-state index contributed by atoms with van der Waals surface area (Å²) in [5.74, 6) is -0.223. The van der Waals surface area contributed by atoms with Crippen molar-refractivity contribution in [1.82, 2.24) is 15.2 Å². The second-order valence-electron chi connectivity index (χ2n) is 4.94. The summed E-state index contributed by atoms with van der Waals surface area (Å²) in [5, 5.41) is 10.6. The van der Waals surface area contributed by atoms with Gasteiger partial charge in [0.2, 0.25) is 0 Å². The first-order valence-electron chi connectivity index (χ1n) is 7.10. The second kappa shape index (κ2) is 7.33. The van der Waals surface area contributed by atoms with Crippen molar-refractivity contribution >= 4 is 52.6 Å². The molecule has 0 aliphatic heterocycles. The molecule has 0 radical (unpaired) electrons. The van der Waals surface area contributed by atoms with Gasteiger partial charge in [0.05, 0.1) is 0 Å². The summed E-state index contributed by atoms with van der Waals surface area (Å²) < 4.78 is 0. The summed E-state index contributed by atoms with van der Waals surface area (Å²) in [5.41, 5.74) is 6.85. The zero-order valence-corrected chi connectivity index (χ0v) is 14.2. The van der Waals surface area contributed by atoms with Crippen molar-refractivity contribution < 1.29 is 4.79 Å². The highest BCUT2D eigenvalue weighted by Gasteiger charge is 2.18. The number of amides is 1. The molecule has 0 unspecified atom stereocenters. The van der Waals surface area contributed by atoms with Crippen molar-refractivity contribution in [2.45, 2.75) is 0 Å². The van der Waals surface area contributed by atoms with Crippen LogP contribution in [0.15, 0.2) is 47.6 Å². The number of benzene rings is 1. The van der Waals surface area contributed by atoms with E-state index in [0.29, 0.717) is 27.2 Å². The maximum absolute atomic E-state index is 11.8. The molecular formula is C16H12Cl2N6O. The molecule has 4 N–H and O–H groups in total. The fourth-order valence-corrected chi connectivity index (χ4v) is 2.44. The number of hydrogen-bond acceptors (Lipinski definition) is 5. The molecule has 0 aliphatic carbocycles. The first-order chi connectivity index (χ1) is 12.0. The number of aromatic nitrogens is 3. The predicted octanol–water partition coefficient (Wildman–Crippen LogP) is 3.70. The molecule has 0 saturated carbocycles. The van der Waals surface area contributed by atoms with Crippen LogP contribution in [-0.4, -0.2) is 27.3 Å². The van der Waals surface area contributed by atoms with Crippen LogP contribution in [0.25, 0.3) is 0 Å². The Bertz CT molecular complexity index is 953. The second-order valence-corrected chi connectivity index (χ2v) is 5.73. The lowest BCUT2D eigenvalue weighted by Crippen LogP contribution is -2.12. The van der Waals surface area contributed by atoms with Crippen molar-refractivity contribution in [1.29, 1.82) is 0 Å². The highest BCUT2D eigenvalue weighted by molar-refractivity contribution is 6.32. The number of primary amides is 1. The van der Waals surface area contributed by atoms with Crippen LogP contribution in [0.4, 0.5) is 17.3 Å². The van der Waals surface area contributed by atoms with Gasteiger partial charge in [-0.25, -0.2) is 9.98 Å². The molecule has 3 aromatic rings. The molecule has 2 aromatic heterocycles. The Morgan fingerprint density at radius 3 is 2.84 bits per heavy atom. The van der Waals surface area contributed by atoms with E-state index in [1.165, 1.54) is 6.21 Å². The maximum Gasteiger partial charge on any atom is 0.256 e. The molecule has 0 fully saturated rings. The molecule has 0 atom stereocenters. The van der Waals surface area contributed by atoms with Crippen LogP contribution >= 0.6 is 23.2 Å². The number of aromatic amines is 1. The average molecular weight is 375 g/mol. The summed E-state index contributed by atoms with van der Waals surface area (Å²) in [6.45, 7) is 0. The standard InChI is InChI=1S/C16H12Cl2N6O/c17-10-4-1-5-11(7-10)22-16-12(14(19)25)15(23-24-16)21-8-9-3-2-6-20-13(9)18/h1-8H,(H2,19,25)(H2,22,23,24). The monoisotopic (exact) mass is 374 g/mol. The summed E-state index contributed by atoms with van der Waals surface area (Å²) in [6.07, 6.45) is 3.02. The molecule has 7 nitrogen and oxygen atoms in total. The van der Waals surface area contributed by atoms with Crippen molar-refractivity contribution in [3.8, 4) is 0 Å². The topological polar surface area (TPSA) is 109 Å². The van der Waals surface area contributed by atoms with Gasteiger partial charge in [0.15, 0.2) is 5.82 Å². The number of nitrogens with two attached hydrogens (primary N) is 1. The number of nitrogens with zero attached hydrogens (tertiary/aromatic N) is 3. The molecule has 25 heavy (non-hydrogen) atoms. The lowest BCUT2D eigenvalue weighted by molar-refractivity contribution is 0.100. The molecule has 1 amide bonds. The maximum atomic E-state index is 11.8. The fourth-order valence-electron chi connectivity index (χ4n) is 2.09. The highest BCUT2D eigenvalue weighted by atomic mass is 35.5. The summed E-state index contributed by atoms with van der Waals surface area (Å²) in [7, 11) is 0. The molecule has 0 aliphatic rings. The number of hydrogen-bond donors (Lipinski definition) is 3. The van der Waals surface area contributed by atoms with E-state index in [2.05, 4.69) is 25.5 Å². The van der Waals surface area contributed by atoms with Crippen LogP contribution in [0, 0.1) is 0 Å². The number of halogens is 2. The average Bonchev–Trinajstić information content (AvgIpc) is 2.97. The van der Waals surface area contributed by atoms with Crippen LogP contribution in [0.2, 0.25) is 10.2 Å². The van der Waals surface area contributed by atoms with Gasteiger partial charge in [-0.15, -0.1) is 0 Å². The SMILES string of the molecule is NC(=O)c1c(N=Cc2cccnc2Cl)n[nH]c1Nc1cccc(Cl)c1. The third kappa shape index (κ3) is 3.96. The number of carbonyl (C=O) groups excluding carboxylic acids is 1. The Morgan fingerprint density at radius 2 is 2.12 bits per heavy atom. The van der Waals surface area contributed by atoms with Crippen molar-refractivity contribution in [2.75, 3.05) is 5.32 Å². The normalized spacial score (nSPS) is 11.0. The van der Waals surface area contributed by atoms with Crippen molar-refractivity contribution in [2.24, 2.45) is 10.7 Å². The highest BCUT2D eigenvalue weighted by Crippen LogP contribution is 2.27. The first-order valence-corrected chi connectivity index (χ1v) is 7.85. The van der Waals surface area contributed by atoms with Gasteiger partial charge in [-0.3, -0.25) is 9.89 Å². The summed E-state index contributed by atoms with van der Waals surface area (Å²) in [4.78, 5) is 20.0. The molecule has 2 heterocycles. The van der Waals surface area contributed by atoms with E-state index in [1.54, 1.807) is 42.6 Å². The first kappa shape index (κ1) is 16.9. The molecule has 0 saturated heterocycles. The van der Waals surface area contributed by atoms with Crippen LogP contribution in [0.5, 0.6) is 0 Å². The Balaban J connectivity index is 1.92. The predicted molar refractivity (Wildman–Crippen MR) is 98.3 cm³/mol. The van der Waals surface area contributed by atoms with Gasteiger partial charge >= 0.3 is 0 Å². The minimum Gasteiger partial charge on any atom is -0.365 e. The minimum absolute atomic E-state index is 0.122. The molecular weight excluding hydrogens is 363 g/mol. The number of carbonyl (C=O) groups is 1. The smallest absolute Gasteiger partial charge is 0.256 e. The largest absolute Gasteiger partial charge is 0.365 e. The Morgan fingerprint density at radius 1 is 1.28 bits per heavy atom. The van der Waals surface area contributed by atoms with Crippen LogP contribution < -0.4 is 11.1 Å². The number of anilines is 2. The molecule has 9 heteroatoms. The van der Waals surface area contributed by atoms with Gasteiger partial charge in [0.1, 0.15) is 16.5 Å². The minimum atomic E-state index is -0.678. The van der Waals surface area contributed by atoms with Gasteiger partial charge in [0, 0.05) is 28.7 Å². The van der Waals surface area contributed by atoms with Crippen LogP contribution in [0.1, 0.15) is 15.9 Å². The van der Waals surface area contributed by atoms with E-state index in [9.17, 15) is 4.79 Å². The quantitative estimate of drug-likeness (QED) is 0.467. The van der Waals surface area contributed by atoms with Gasteiger partial charge in [0.25, 0.3) is 5.91 Å². The Labute approximate surface area is 152 Å².